The van der Waals surface area contributed by atoms with Gasteiger partial charge in [0, 0.05) is 12.2 Å². The van der Waals surface area contributed by atoms with Crippen LogP contribution in [0.1, 0.15) is 43.5 Å². The van der Waals surface area contributed by atoms with E-state index in [1.807, 2.05) is 0 Å². The van der Waals surface area contributed by atoms with Crippen molar-refractivity contribution >= 4 is 11.7 Å². The molecule has 1 aromatic heterocycles. The van der Waals surface area contributed by atoms with Gasteiger partial charge in [-0.05, 0) is 30.4 Å². The first-order chi connectivity index (χ1) is 8.59. The molecule has 4 heteroatoms. The number of carbonyl (C=O) groups excluding carboxylic acids is 1. The van der Waals surface area contributed by atoms with Crippen LogP contribution in [0.2, 0.25) is 0 Å². The summed E-state index contributed by atoms with van der Waals surface area (Å²) in [6.07, 6.45) is 5.32. The molecule has 0 aliphatic heterocycles. The Hall–Kier alpha value is -1.58. The van der Waals surface area contributed by atoms with Crippen molar-refractivity contribution in [2.45, 2.75) is 39.2 Å². The summed E-state index contributed by atoms with van der Waals surface area (Å²) in [6, 6.07) is 3.83. The summed E-state index contributed by atoms with van der Waals surface area (Å²) in [7, 11) is 0. The van der Waals surface area contributed by atoms with Gasteiger partial charge in [0.25, 0.3) is 5.91 Å². The standard InChI is InChI=1S/C14H21N3O/c1-9-5-3-7-12(10(9)2)17-14-11(13(15)18)6-4-8-16-14/h4,6,8-10,12H,3,5,7H2,1-2H3,(H2,15,18)(H,16,17). The lowest BCUT2D eigenvalue weighted by molar-refractivity contribution is 0.100. The van der Waals surface area contributed by atoms with Gasteiger partial charge in [0.1, 0.15) is 5.82 Å². The molecule has 0 saturated heterocycles. The van der Waals surface area contributed by atoms with Crippen molar-refractivity contribution in [3.63, 3.8) is 0 Å². The van der Waals surface area contributed by atoms with Gasteiger partial charge in [-0.25, -0.2) is 4.98 Å². The molecule has 1 saturated carbocycles. The number of nitrogens with two attached hydrogens (primary N) is 1. The Bertz CT molecular complexity index is 433. The van der Waals surface area contributed by atoms with Crippen LogP contribution in [0, 0.1) is 11.8 Å². The SMILES string of the molecule is CC1CCCC(Nc2ncccc2C(N)=O)C1C. The Morgan fingerprint density at radius 3 is 2.94 bits per heavy atom. The number of aromatic nitrogens is 1. The molecule has 18 heavy (non-hydrogen) atoms. The lowest BCUT2D eigenvalue weighted by Gasteiger charge is -2.35. The highest BCUT2D eigenvalue weighted by Crippen LogP contribution is 2.31. The Labute approximate surface area is 108 Å². The highest BCUT2D eigenvalue weighted by atomic mass is 16.1. The molecule has 1 heterocycles. The number of anilines is 1. The third-order valence-electron chi connectivity index (χ3n) is 4.10. The van der Waals surface area contributed by atoms with Gasteiger partial charge in [0.15, 0.2) is 0 Å². The molecule has 3 atom stereocenters. The fraction of sp³-hybridized carbons (Fsp3) is 0.571. The third kappa shape index (κ3) is 2.63. The van der Waals surface area contributed by atoms with Crippen LogP contribution < -0.4 is 11.1 Å². The maximum atomic E-state index is 11.4. The van der Waals surface area contributed by atoms with Crippen molar-refractivity contribution < 1.29 is 4.79 Å². The predicted octanol–water partition coefficient (Wildman–Crippen LogP) is 2.42. The summed E-state index contributed by atoms with van der Waals surface area (Å²) in [5.41, 5.74) is 5.84. The summed E-state index contributed by atoms with van der Waals surface area (Å²) in [6.45, 7) is 4.54. The summed E-state index contributed by atoms with van der Waals surface area (Å²) in [4.78, 5) is 15.6. The second-order valence-electron chi connectivity index (χ2n) is 5.28. The molecule has 2 rings (SSSR count). The topological polar surface area (TPSA) is 68.0 Å². The maximum Gasteiger partial charge on any atom is 0.252 e. The molecule has 3 N–H and O–H groups in total. The predicted molar refractivity (Wildman–Crippen MR) is 72.3 cm³/mol. The number of nitrogens with zero attached hydrogens (tertiary/aromatic N) is 1. The van der Waals surface area contributed by atoms with Crippen LogP contribution in [0.15, 0.2) is 18.3 Å². The first kappa shape index (κ1) is 12.9. The van der Waals surface area contributed by atoms with E-state index in [0.29, 0.717) is 29.3 Å². The molecule has 1 aliphatic carbocycles. The highest BCUT2D eigenvalue weighted by molar-refractivity contribution is 5.97. The van der Waals surface area contributed by atoms with Crippen molar-refractivity contribution in [2.24, 2.45) is 17.6 Å². The van der Waals surface area contributed by atoms with E-state index in [2.05, 4.69) is 24.1 Å². The van der Waals surface area contributed by atoms with E-state index in [0.717, 1.165) is 6.42 Å². The molecular weight excluding hydrogens is 226 g/mol. The normalized spacial score (nSPS) is 27.8. The van der Waals surface area contributed by atoms with E-state index >= 15 is 0 Å². The largest absolute Gasteiger partial charge is 0.366 e. The molecule has 98 valence electrons. The molecule has 1 aliphatic rings. The van der Waals surface area contributed by atoms with Crippen molar-refractivity contribution in [1.29, 1.82) is 0 Å². The van der Waals surface area contributed by atoms with Crippen LogP contribution in [0.3, 0.4) is 0 Å². The summed E-state index contributed by atoms with van der Waals surface area (Å²) in [5, 5.41) is 3.40. The van der Waals surface area contributed by atoms with Crippen molar-refractivity contribution in [3.8, 4) is 0 Å². The molecule has 1 fully saturated rings. The third-order valence-corrected chi connectivity index (χ3v) is 4.10. The molecule has 0 bridgehead atoms. The van der Waals surface area contributed by atoms with E-state index in [4.69, 9.17) is 5.73 Å². The minimum atomic E-state index is -0.429. The zero-order valence-electron chi connectivity index (χ0n) is 11.0. The lowest BCUT2D eigenvalue weighted by Crippen LogP contribution is -2.36. The average molecular weight is 247 g/mol. The second-order valence-corrected chi connectivity index (χ2v) is 5.28. The molecule has 1 amide bonds. The smallest absolute Gasteiger partial charge is 0.252 e. The zero-order valence-corrected chi connectivity index (χ0v) is 11.0. The Morgan fingerprint density at radius 2 is 2.22 bits per heavy atom. The summed E-state index contributed by atoms with van der Waals surface area (Å²) < 4.78 is 0. The van der Waals surface area contributed by atoms with Crippen LogP contribution >= 0.6 is 0 Å². The quantitative estimate of drug-likeness (QED) is 0.862. The van der Waals surface area contributed by atoms with Crippen LogP contribution in [0.4, 0.5) is 5.82 Å². The maximum absolute atomic E-state index is 11.4. The van der Waals surface area contributed by atoms with Crippen LogP contribution in [-0.4, -0.2) is 16.9 Å². The van der Waals surface area contributed by atoms with Crippen molar-refractivity contribution in [2.75, 3.05) is 5.32 Å². The van der Waals surface area contributed by atoms with E-state index in [9.17, 15) is 4.79 Å². The van der Waals surface area contributed by atoms with Crippen molar-refractivity contribution in [1.82, 2.24) is 4.98 Å². The van der Waals surface area contributed by atoms with Gasteiger partial charge in [-0.2, -0.15) is 0 Å². The first-order valence-corrected chi connectivity index (χ1v) is 6.61. The van der Waals surface area contributed by atoms with Gasteiger partial charge in [0.2, 0.25) is 0 Å². The highest BCUT2D eigenvalue weighted by Gasteiger charge is 2.27. The monoisotopic (exact) mass is 247 g/mol. The number of primary amides is 1. The molecule has 1 aromatic rings. The van der Waals surface area contributed by atoms with Gasteiger partial charge < -0.3 is 11.1 Å². The number of hydrogen-bond acceptors (Lipinski definition) is 3. The number of rotatable bonds is 3. The Morgan fingerprint density at radius 1 is 1.44 bits per heavy atom. The number of nitrogens with one attached hydrogen (secondary N) is 1. The molecular formula is C14H21N3O. The van der Waals surface area contributed by atoms with Crippen LogP contribution in [0.25, 0.3) is 0 Å². The van der Waals surface area contributed by atoms with E-state index < -0.39 is 5.91 Å². The molecule has 4 nitrogen and oxygen atoms in total. The molecule has 0 radical (unpaired) electrons. The molecule has 0 spiro atoms. The van der Waals surface area contributed by atoms with Gasteiger partial charge in [0.05, 0.1) is 5.56 Å². The summed E-state index contributed by atoms with van der Waals surface area (Å²) >= 11 is 0. The van der Waals surface area contributed by atoms with E-state index in [1.54, 1.807) is 18.3 Å². The Balaban J connectivity index is 2.16. The van der Waals surface area contributed by atoms with E-state index in [-0.39, 0.29) is 0 Å². The number of amides is 1. The van der Waals surface area contributed by atoms with Crippen LogP contribution in [0.5, 0.6) is 0 Å². The number of hydrogen-bond donors (Lipinski definition) is 2. The van der Waals surface area contributed by atoms with Gasteiger partial charge in [-0.3, -0.25) is 4.79 Å². The molecule has 3 unspecified atom stereocenters. The first-order valence-electron chi connectivity index (χ1n) is 6.61. The fourth-order valence-electron chi connectivity index (χ4n) is 2.68. The zero-order chi connectivity index (χ0) is 13.1. The van der Waals surface area contributed by atoms with E-state index in [1.165, 1.54) is 12.8 Å². The number of pyridine rings is 1. The van der Waals surface area contributed by atoms with Crippen molar-refractivity contribution in [3.05, 3.63) is 23.9 Å². The molecule has 0 aromatic carbocycles. The minimum Gasteiger partial charge on any atom is -0.366 e. The Kier molecular flexibility index (Phi) is 3.84. The lowest BCUT2D eigenvalue weighted by atomic mass is 9.78. The van der Waals surface area contributed by atoms with Crippen LogP contribution in [-0.2, 0) is 0 Å². The fourth-order valence-corrected chi connectivity index (χ4v) is 2.68. The second kappa shape index (κ2) is 5.38. The number of carbonyl (C=O) groups is 1. The van der Waals surface area contributed by atoms with Gasteiger partial charge in [-0.1, -0.05) is 26.7 Å². The van der Waals surface area contributed by atoms with Gasteiger partial charge in [-0.15, -0.1) is 0 Å². The minimum absolute atomic E-state index is 0.377. The summed E-state index contributed by atoms with van der Waals surface area (Å²) in [5.74, 6) is 1.48. The van der Waals surface area contributed by atoms with Gasteiger partial charge >= 0.3 is 0 Å². The average Bonchev–Trinajstić information content (AvgIpc) is 2.35.